The first-order chi connectivity index (χ1) is 16.0. The van der Waals surface area contributed by atoms with Crippen LogP contribution in [-0.4, -0.2) is 33.8 Å². The molecule has 0 saturated carbocycles. The molecule has 0 spiro atoms. The predicted octanol–water partition coefficient (Wildman–Crippen LogP) is 3.91. The summed E-state index contributed by atoms with van der Waals surface area (Å²) in [6.07, 6.45) is 3.16. The lowest BCUT2D eigenvalue weighted by Crippen LogP contribution is -2.44. The Balaban J connectivity index is 1.34. The zero-order chi connectivity index (χ0) is 22.9. The fourth-order valence-electron chi connectivity index (χ4n) is 4.86. The molecule has 5 rings (SSSR count). The summed E-state index contributed by atoms with van der Waals surface area (Å²) in [5.74, 6) is 0.991. The van der Waals surface area contributed by atoms with Crippen molar-refractivity contribution in [2.75, 3.05) is 16.8 Å². The summed E-state index contributed by atoms with van der Waals surface area (Å²) >= 11 is 0. The number of hydrogen-bond donors (Lipinski definition) is 2. The van der Waals surface area contributed by atoms with E-state index >= 15 is 0 Å². The van der Waals surface area contributed by atoms with Crippen LogP contribution in [0.15, 0.2) is 54.7 Å². The Morgan fingerprint density at radius 1 is 1.15 bits per heavy atom. The average molecular weight is 444 g/mol. The number of imidazole rings is 1. The number of hydrogen-bond acceptors (Lipinski definition) is 5. The van der Waals surface area contributed by atoms with Gasteiger partial charge in [-0.3, -0.25) is 9.59 Å². The maximum atomic E-state index is 12.9. The van der Waals surface area contributed by atoms with E-state index in [1.165, 1.54) is 0 Å². The third-order valence-corrected chi connectivity index (χ3v) is 6.55. The summed E-state index contributed by atoms with van der Waals surface area (Å²) < 4.78 is 2.05. The van der Waals surface area contributed by atoms with Crippen LogP contribution in [-0.2, 0) is 17.9 Å². The number of rotatable bonds is 5. The molecule has 3 heterocycles. The van der Waals surface area contributed by atoms with Gasteiger partial charge in [0.15, 0.2) is 0 Å². The van der Waals surface area contributed by atoms with Gasteiger partial charge in [0, 0.05) is 48.7 Å². The van der Waals surface area contributed by atoms with Crippen LogP contribution in [0.25, 0.3) is 0 Å². The van der Waals surface area contributed by atoms with Gasteiger partial charge < -0.3 is 20.1 Å². The third-order valence-electron chi connectivity index (χ3n) is 6.55. The molecule has 0 fully saturated rings. The number of aromatic nitrogens is 2. The summed E-state index contributed by atoms with van der Waals surface area (Å²) in [4.78, 5) is 31.9. The first-order valence-electron chi connectivity index (χ1n) is 11.6. The molecule has 2 atom stereocenters. The quantitative estimate of drug-likeness (QED) is 0.585. The van der Waals surface area contributed by atoms with E-state index in [0.29, 0.717) is 24.2 Å². The van der Waals surface area contributed by atoms with E-state index in [1.54, 1.807) is 0 Å². The standard InChI is InChI=1S/C26H29N5O2/c1-3-25(32)31-17(2)14-21(20-6-4-5-7-23(20)31)28-19-10-8-18(9-11-19)26(33)22-16-30-13-12-27-15-24(30)29-22/h4-11,16-17,21,27-28H,3,12-15H2,1-2H3/t17-,21+/m0/s1. The molecule has 2 aromatic carbocycles. The fraction of sp³-hybridized carbons (Fsp3) is 0.346. The van der Waals surface area contributed by atoms with Crippen molar-refractivity contribution in [3.8, 4) is 0 Å². The molecule has 2 aliphatic heterocycles. The van der Waals surface area contributed by atoms with E-state index in [0.717, 1.165) is 42.3 Å². The van der Waals surface area contributed by atoms with Crippen molar-refractivity contribution in [2.24, 2.45) is 0 Å². The molecule has 2 aliphatic rings. The van der Waals surface area contributed by atoms with Crippen molar-refractivity contribution in [1.82, 2.24) is 14.9 Å². The van der Waals surface area contributed by atoms with Crippen LogP contribution in [0, 0.1) is 0 Å². The first-order valence-corrected chi connectivity index (χ1v) is 11.6. The number of carbonyl (C=O) groups excluding carboxylic acids is 2. The highest BCUT2D eigenvalue weighted by molar-refractivity contribution is 6.07. The van der Waals surface area contributed by atoms with Gasteiger partial charge in [-0.25, -0.2) is 4.98 Å². The number of anilines is 2. The molecule has 0 aliphatic carbocycles. The van der Waals surface area contributed by atoms with Gasteiger partial charge in [0.25, 0.3) is 0 Å². The lowest BCUT2D eigenvalue weighted by molar-refractivity contribution is -0.118. The maximum absolute atomic E-state index is 12.9. The summed E-state index contributed by atoms with van der Waals surface area (Å²) in [5.41, 5.74) is 4.16. The van der Waals surface area contributed by atoms with E-state index in [1.807, 2.05) is 65.1 Å². The van der Waals surface area contributed by atoms with Crippen molar-refractivity contribution < 1.29 is 9.59 Å². The van der Waals surface area contributed by atoms with Crippen LogP contribution < -0.4 is 15.5 Å². The van der Waals surface area contributed by atoms with E-state index < -0.39 is 0 Å². The highest BCUT2D eigenvalue weighted by atomic mass is 16.2. The molecule has 170 valence electrons. The molecule has 0 saturated heterocycles. The number of nitrogens with one attached hydrogen (secondary N) is 2. The van der Waals surface area contributed by atoms with Crippen molar-refractivity contribution in [2.45, 2.75) is 51.9 Å². The van der Waals surface area contributed by atoms with Crippen LogP contribution in [0.3, 0.4) is 0 Å². The minimum Gasteiger partial charge on any atom is -0.378 e. The minimum atomic E-state index is -0.0613. The van der Waals surface area contributed by atoms with E-state index in [4.69, 9.17) is 0 Å². The van der Waals surface area contributed by atoms with Crippen LogP contribution >= 0.6 is 0 Å². The molecule has 2 N–H and O–H groups in total. The molecule has 3 aromatic rings. The first kappa shape index (κ1) is 21.4. The summed E-state index contributed by atoms with van der Waals surface area (Å²) in [5, 5.41) is 6.89. The highest BCUT2D eigenvalue weighted by Crippen LogP contribution is 2.39. The van der Waals surface area contributed by atoms with Crippen LogP contribution in [0.2, 0.25) is 0 Å². The molecule has 0 radical (unpaired) electrons. The highest BCUT2D eigenvalue weighted by Gasteiger charge is 2.32. The molecule has 7 nitrogen and oxygen atoms in total. The molecule has 1 aromatic heterocycles. The number of nitrogens with zero attached hydrogens (tertiary/aromatic N) is 3. The maximum Gasteiger partial charge on any atom is 0.226 e. The van der Waals surface area contributed by atoms with Gasteiger partial charge >= 0.3 is 0 Å². The Hall–Kier alpha value is -3.45. The average Bonchev–Trinajstić information content (AvgIpc) is 3.28. The van der Waals surface area contributed by atoms with Crippen molar-refractivity contribution >= 4 is 23.1 Å². The van der Waals surface area contributed by atoms with E-state index in [2.05, 4.69) is 28.6 Å². The van der Waals surface area contributed by atoms with E-state index in [9.17, 15) is 9.59 Å². The second-order valence-electron chi connectivity index (χ2n) is 8.78. The van der Waals surface area contributed by atoms with Crippen LogP contribution in [0.5, 0.6) is 0 Å². The monoisotopic (exact) mass is 443 g/mol. The largest absolute Gasteiger partial charge is 0.378 e. The number of para-hydroxylation sites is 1. The third kappa shape index (κ3) is 4.04. The molecule has 1 amide bonds. The van der Waals surface area contributed by atoms with Gasteiger partial charge in [-0.1, -0.05) is 25.1 Å². The Morgan fingerprint density at radius 2 is 1.94 bits per heavy atom. The zero-order valence-electron chi connectivity index (χ0n) is 19.0. The minimum absolute atomic E-state index is 0.0613. The SMILES string of the molecule is CCC(=O)N1c2ccccc2[C@H](Nc2ccc(C(=O)c3cn4c(n3)CNCC4)cc2)C[C@@H]1C. The normalized spacial score (nSPS) is 19.5. The molecule has 0 unspecified atom stereocenters. The smallest absolute Gasteiger partial charge is 0.226 e. The lowest BCUT2D eigenvalue weighted by atomic mass is 9.91. The summed E-state index contributed by atoms with van der Waals surface area (Å²) in [7, 11) is 0. The van der Waals surface area contributed by atoms with Crippen molar-refractivity contribution in [1.29, 1.82) is 0 Å². The van der Waals surface area contributed by atoms with Gasteiger partial charge in [-0.2, -0.15) is 0 Å². The number of benzene rings is 2. The fourth-order valence-corrected chi connectivity index (χ4v) is 4.86. The molecule has 7 heteroatoms. The van der Waals surface area contributed by atoms with Gasteiger partial charge in [0.2, 0.25) is 11.7 Å². The van der Waals surface area contributed by atoms with Crippen molar-refractivity contribution in [3.05, 3.63) is 77.4 Å². The zero-order valence-corrected chi connectivity index (χ0v) is 19.0. The molecular weight excluding hydrogens is 414 g/mol. The lowest BCUT2D eigenvalue weighted by Gasteiger charge is -2.40. The van der Waals surface area contributed by atoms with E-state index in [-0.39, 0.29) is 23.8 Å². The summed E-state index contributed by atoms with van der Waals surface area (Å²) in [6, 6.07) is 15.9. The Labute approximate surface area is 193 Å². The van der Waals surface area contributed by atoms with Gasteiger partial charge in [-0.05, 0) is 49.2 Å². The van der Waals surface area contributed by atoms with Crippen molar-refractivity contribution in [3.63, 3.8) is 0 Å². The second-order valence-corrected chi connectivity index (χ2v) is 8.78. The molecule has 0 bridgehead atoms. The Bertz CT molecular complexity index is 1160. The van der Waals surface area contributed by atoms with Crippen LogP contribution in [0.4, 0.5) is 11.4 Å². The number of amides is 1. The predicted molar refractivity (Wildman–Crippen MR) is 128 cm³/mol. The Kier molecular flexibility index (Phi) is 5.72. The van der Waals surface area contributed by atoms with Gasteiger partial charge in [-0.15, -0.1) is 0 Å². The number of fused-ring (bicyclic) bond motifs is 2. The van der Waals surface area contributed by atoms with Gasteiger partial charge in [0.1, 0.15) is 11.5 Å². The summed E-state index contributed by atoms with van der Waals surface area (Å²) in [6.45, 7) is 6.42. The molecule has 33 heavy (non-hydrogen) atoms. The second kappa shape index (κ2) is 8.83. The molecular formula is C26H29N5O2. The van der Waals surface area contributed by atoms with Gasteiger partial charge in [0.05, 0.1) is 12.6 Å². The number of carbonyl (C=O) groups is 2. The number of ketones is 1. The Morgan fingerprint density at radius 3 is 2.70 bits per heavy atom. The topological polar surface area (TPSA) is 79.3 Å². The van der Waals surface area contributed by atoms with Crippen LogP contribution in [0.1, 0.15) is 60.2 Å².